The van der Waals surface area contributed by atoms with Crippen LogP contribution in [0.3, 0.4) is 0 Å². The maximum absolute atomic E-state index is 13.6. The monoisotopic (exact) mass is 296 g/mol. The van der Waals surface area contributed by atoms with Gasteiger partial charge in [0.05, 0.1) is 11.1 Å². The first kappa shape index (κ1) is 14.6. The third kappa shape index (κ3) is 2.71. The quantitative estimate of drug-likeness (QED) is 0.860. The number of rotatable bonds is 1. The van der Waals surface area contributed by atoms with E-state index in [4.69, 9.17) is 0 Å². The number of halogens is 2. The van der Waals surface area contributed by atoms with Crippen molar-refractivity contribution in [3.8, 4) is 0 Å². The van der Waals surface area contributed by atoms with Gasteiger partial charge in [-0.25, -0.2) is 4.39 Å². The minimum Gasteiger partial charge on any atom is -0.336 e. The number of aromatic nitrogens is 2. The molecule has 0 radical (unpaired) electrons. The average Bonchev–Trinajstić information content (AvgIpc) is 2.46. The molecule has 0 bridgehead atoms. The number of nitrogens with zero attached hydrogens (tertiary/aromatic N) is 3. The van der Waals surface area contributed by atoms with Crippen molar-refractivity contribution in [2.45, 2.75) is 0 Å². The van der Waals surface area contributed by atoms with E-state index in [9.17, 15) is 9.18 Å². The highest BCUT2D eigenvalue weighted by Crippen LogP contribution is 2.18. The normalized spacial score (nSPS) is 14.9. The summed E-state index contributed by atoms with van der Waals surface area (Å²) in [6.07, 6.45) is 3.00. The lowest BCUT2D eigenvalue weighted by atomic mass is 10.1. The summed E-state index contributed by atoms with van der Waals surface area (Å²) in [6.45, 7) is 2.75. The number of carbonyl (C=O) groups is 1. The summed E-state index contributed by atoms with van der Waals surface area (Å²) in [4.78, 5) is 22.3. The molecule has 106 valence electrons. The largest absolute Gasteiger partial charge is 0.336 e. The molecular formula is C13H14ClFN4O. The summed E-state index contributed by atoms with van der Waals surface area (Å²) < 4.78 is 13.6. The zero-order valence-corrected chi connectivity index (χ0v) is 11.5. The summed E-state index contributed by atoms with van der Waals surface area (Å²) in [6, 6.07) is 2.53. The predicted octanol–water partition coefficient (Wildman–Crippen LogP) is 1.24. The van der Waals surface area contributed by atoms with Crippen LogP contribution in [-0.2, 0) is 0 Å². The molecule has 5 nitrogen and oxygen atoms in total. The smallest absolute Gasteiger partial charge is 0.256 e. The topological polar surface area (TPSA) is 58.1 Å². The van der Waals surface area contributed by atoms with Crippen molar-refractivity contribution in [2.24, 2.45) is 0 Å². The number of amides is 1. The number of nitrogens with one attached hydrogen (secondary N) is 1. The van der Waals surface area contributed by atoms with Gasteiger partial charge in [0.25, 0.3) is 5.91 Å². The number of benzene rings is 1. The van der Waals surface area contributed by atoms with Crippen molar-refractivity contribution in [3.63, 3.8) is 0 Å². The van der Waals surface area contributed by atoms with Gasteiger partial charge in [-0.2, -0.15) is 0 Å². The molecule has 1 N–H and O–H groups in total. The third-order valence-corrected chi connectivity index (χ3v) is 3.17. The minimum atomic E-state index is -0.466. The lowest BCUT2D eigenvalue weighted by Crippen LogP contribution is -2.46. The SMILES string of the molecule is Cl.O=C(c1cc(F)cc2nccnc12)N1CCNCC1. The van der Waals surface area contributed by atoms with E-state index in [0.29, 0.717) is 24.1 Å². The average molecular weight is 297 g/mol. The van der Waals surface area contributed by atoms with Crippen molar-refractivity contribution >= 4 is 29.3 Å². The van der Waals surface area contributed by atoms with Crippen molar-refractivity contribution in [2.75, 3.05) is 26.2 Å². The molecule has 20 heavy (non-hydrogen) atoms. The second-order valence-corrected chi connectivity index (χ2v) is 4.42. The number of piperazine rings is 1. The van der Waals surface area contributed by atoms with Gasteiger partial charge in [-0.15, -0.1) is 12.4 Å². The van der Waals surface area contributed by atoms with E-state index < -0.39 is 5.82 Å². The lowest BCUT2D eigenvalue weighted by Gasteiger charge is -2.27. The Kier molecular flexibility index (Phi) is 4.46. The highest BCUT2D eigenvalue weighted by Gasteiger charge is 2.21. The number of hydrogen-bond acceptors (Lipinski definition) is 4. The van der Waals surface area contributed by atoms with E-state index in [1.54, 1.807) is 4.90 Å². The van der Waals surface area contributed by atoms with E-state index in [1.165, 1.54) is 24.5 Å². The molecule has 1 aliphatic heterocycles. The van der Waals surface area contributed by atoms with Crippen LogP contribution >= 0.6 is 12.4 Å². The molecule has 3 rings (SSSR count). The molecule has 1 fully saturated rings. The van der Waals surface area contributed by atoms with Crippen LogP contribution in [0.2, 0.25) is 0 Å². The van der Waals surface area contributed by atoms with Gasteiger partial charge in [0.15, 0.2) is 0 Å². The second kappa shape index (κ2) is 6.11. The molecule has 7 heteroatoms. The molecule has 0 saturated carbocycles. The zero-order valence-electron chi connectivity index (χ0n) is 10.7. The van der Waals surface area contributed by atoms with Gasteiger partial charge in [0.1, 0.15) is 11.3 Å². The first-order valence-corrected chi connectivity index (χ1v) is 6.16. The standard InChI is InChI=1S/C13H13FN4O.ClH/c14-9-7-10(12-11(8-9)16-1-2-17-12)13(19)18-5-3-15-4-6-18;/h1-2,7-8,15H,3-6H2;1H. The van der Waals surface area contributed by atoms with Crippen LogP contribution in [0, 0.1) is 5.82 Å². The summed E-state index contributed by atoms with van der Waals surface area (Å²) in [7, 11) is 0. The number of carbonyl (C=O) groups excluding carboxylic acids is 1. The van der Waals surface area contributed by atoms with E-state index in [0.717, 1.165) is 13.1 Å². The van der Waals surface area contributed by atoms with Crippen LogP contribution in [0.25, 0.3) is 11.0 Å². The van der Waals surface area contributed by atoms with Crippen LogP contribution in [0.15, 0.2) is 24.5 Å². The molecule has 1 aliphatic rings. The van der Waals surface area contributed by atoms with E-state index in [1.807, 2.05) is 0 Å². The molecule has 0 spiro atoms. The Bertz CT molecular complexity index is 631. The van der Waals surface area contributed by atoms with Gasteiger partial charge in [0, 0.05) is 44.6 Å². The molecular weight excluding hydrogens is 283 g/mol. The van der Waals surface area contributed by atoms with Gasteiger partial charge in [-0.3, -0.25) is 14.8 Å². The molecule has 0 atom stereocenters. The van der Waals surface area contributed by atoms with Crippen molar-refractivity contribution in [1.82, 2.24) is 20.2 Å². The summed E-state index contributed by atoms with van der Waals surface area (Å²) in [5.41, 5.74) is 1.14. The third-order valence-electron chi connectivity index (χ3n) is 3.17. The van der Waals surface area contributed by atoms with Gasteiger partial charge in [0.2, 0.25) is 0 Å². The maximum atomic E-state index is 13.6. The Morgan fingerprint density at radius 1 is 1.20 bits per heavy atom. The Morgan fingerprint density at radius 2 is 1.90 bits per heavy atom. The second-order valence-electron chi connectivity index (χ2n) is 4.42. The molecule has 1 aromatic heterocycles. The molecule has 2 heterocycles. The van der Waals surface area contributed by atoms with Gasteiger partial charge in [-0.05, 0) is 6.07 Å². The maximum Gasteiger partial charge on any atom is 0.256 e. The van der Waals surface area contributed by atoms with Crippen LogP contribution < -0.4 is 5.32 Å². The summed E-state index contributed by atoms with van der Waals surface area (Å²) in [5, 5.41) is 3.17. The Balaban J connectivity index is 0.00000147. The van der Waals surface area contributed by atoms with Crippen LogP contribution in [-0.4, -0.2) is 47.0 Å². The highest BCUT2D eigenvalue weighted by molar-refractivity contribution is 6.04. The Labute approximate surface area is 121 Å². The number of hydrogen-bond donors (Lipinski definition) is 1. The highest BCUT2D eigenvalue weighted by atomic mass is 35.5. The van der Waals surface area contributed by atoms with Gasteiger partial charge >= 0.3 is 0 Å². The van der Waals surface area contributed by atoms with E-state index in [-0.39, 0.29) is 23.9 Å². The molecule has 1 aromatic carbocycles. The summed E-state index contributed by atoms with van der Waals surface area (Å²) >= 11 is 0. The van der Waals surface area contributed by atoms with Crippen molar-refractivity contribution < 1.29 is 9.18 Å². The molecule has 0 unspecified atom stereocenters. The minimum absolute atomic E-state index is 0. The van der Waals surface area contributed by atoms with Crippen LogP contribution in [0.1, 0.15) is 10.4 Å². The lowest BCUT2D eigenvalue weighted by molar-refractivity contribution is 0.0737. The van der Waals surface area contributed by atoms with Gasteiger partial charge < -0.3 is 10.2 Å². The summed E-state index contributed by atoms with van der Waals surface area (Å²) in [5.74, 6) is -0.655. The number of fused-ring (bicyclic) bond motifs is 1. The van der Waals surface area contributed by atoms with Crippen LogP contribution in [0.5, 0.6) is 0 Å². The van der Waals surface area contributed by atoms with E-state index >= 15 is 0 Å². The predicted molar refractivity (Wildman–Crippen MR) is 75.5 cm³/mol. The Morgan fingerprint density at radius 3 is 2.65 bits per heavy atom. The fourth-order valence-electron chi connectivity index (χ4n) is 2.24. The van der Waals surface area contributed by atoms with Gasteiger partial charge in [-0.1, -0.05) is 0 Å². The molecule has 0 aliphatic carbocycles. The molecule has 1 saturated heterocycles. The fourth-order valence-corrected chi connectivity index (χ4v) is 2.24. The van der Waals surface area contributed by atoms with Crippen molar-refractivity contribution in [1.29, 1.82) is 0 Å². The van der Waals surface area contributed by atoms with E-state index in [2.05, 4.69) is 15.3 Å². The fraction of sp³-hybridized carbons (Fsp3) is 0.308. The molecule has 2 aromatic rings. The first-order chi connectivity index (χ1) is 9.25. The van der Waals surface area contributed by atoms with Crippen LogP contribution in [0.4, 0.5) is 4.39 Å². The first-order valence-electron chi connectivity index (χ1n) is 6.16. The Hall–Kier alpha value is -1.79. The molecule has 1 amide bonds. The zero-order chi connectivity index (χ0) is 13.2. The van der Waals surface area contributed by atoms with Crippen molar-refractivity contribution in [3.05, 3.63) is 35.9 Å².